The van der Waals surface area contributed by atoms with Gasteiger partial charge in [-0.3, -0.25) is 4.79 Å². The number of ether oxygens (including phenoxy) is 1. The second kappa shape index (κ2) is 9.07. The van der Waals surface area contributed by atoms with E-state index in [9.17, 15) is 13.6 Å². The van der Waals surface area contributed by atoms with Crippen LogP contribution in [-0.4, -0.2) is 21.2 Å². The smallest absolute Gasteiger partial charge is 0.274 e. The number of nitrogens with one attached hydrogen (secondary N) is 1. The van der Waals surface area contributed by atoms with Crippen molar-refractivity contribution in [3.63, 3.8) is 0 Å². The molecular formula is C24H21ClF2N4O2. The fraction of sp³-hybridized carbons (Fsp3) is 0.167. The lowest BCUT2D eigenvalue weighted by Gasteiger charge is -2.18. The van der Waals surface area contributed by atoms with Gasteiger partial charge in [0.25, 0.3) is 5.56 Å². The number of benzene rings is 2. The first-order valence-electron chi connectivity index (χ1n) is 10.1. The highest BCUT2D eigenvalue weighted by molar-refractivity contribution is 6.30. The third kappa shape index (κ3) is 4.75. The van der Waals surface area contributed by atoms with Gasteiger partial charge in [-0.05, 0) is 49.7 Å². The highest BCUT2D eigenvalue weighted by atomic mass is 35.5. The summed E-state index contributed by atoms with van der Waals surface area (Å²) >= 11 is 6.27. The molecule has 0 bridgehead atoms. The van der Waals surface area contributed by atoms with E-state index < -0.39 is 23.2 Å². The highest BCUT2D eigenvalue weighted by Crippen LogP contribution is 2.29. The van der Waals surface area contributed by atoms with E-state index in [0.717, 1.165) is 17.4 Å². The van der Waals surface area contributed by atoms with Crippen LogP contribution in [0.4, 0.5) is 20.2 Å². The molecule has 1 atom stereocenters. The summed E-state index contributed by atoms with van der Waals surface area (Å²) in [6.07, 6.45) is 5.00. The molecule has 4 rings (SSSR count). The molecule has 9 heteroatoms. The van der Waals surface area contributed by atoms with Crippen molar-refractivity contribution in [3.05, 3.63) is 99.5 Å². The van der Waals surface area contributed by atoms with Crippen molar-refractivity contribution in [2.75, 3.05) is 12.4 Å². The molecule has 0 spiro atoms. The number of nitrogens with zero attached hydrogens (tertiary/aromatic N) is 3. The van der Waals surface area contributed by atoms with E-state index >= 15 is 0 Å². The van der Waals surface area contributed by atoms with Crippen molar-refractivity contribution >= 4 is 23.0 Å². The van der Waals surface area contributed by atoms with Crippen molar-refractivity contribution < 1.29 is 13.5 Å². The van der Waals surface area contributed by atoms with Crippen LogP contribution in [0.3, 0.4) is 0 Å². The molecule has 0 amide bonds. The molecule has 6 nitrogen and oxygen atoms in total. The standard InChI is InChI=1S/C24H21ClF2N4O2/c1-14-11-30(13-28-14)22-5-4-20(10-23(22)33-3)29-21-8-17(25)12-31(24(21)32)15(2)16-6-18(26)9-19(27)7-16/h4-13,15,29H,1-3H3/t15-/m0/s1. The maximum absolute atomic E-state index is 13.7. The Morgan fingerprint density at radius 3 is 2.45 bits per heavy atom. The average Bonchev–Trinajstić information content (AvgIpc) is 3.20. The van der Waals surface area contributed by atoms with Crippen molar-refractivity contribution in [3.8, 4) is 11.4 Å². The van der Waals surface area contributed by atoms with Gasteiger partial charge in [-0.2, -0.15) is 0 Å². The molecule has 1 N–H and O–H groups in total. The number of methoxy groups -OCH3 is 1. The number of pyridine rings is 1. The zero-order chi connectivity index (χ0) is 23.7. The van der Waals surface area contributed by atoms with E-state index in [1.165, 1.54) is 29.0 Å². The summed E-state index contributed by atoms with van der Waals surface area (Å²) in [4.78, 5) is 17.4. The summed E-state index contributed by atoms with van der Waals surface area (Å²) in [6, 6.07) is 9.40. The number of aryl methyl sites for hydroxylation is 1. The Morgan fingerprint density at radius 2 is 1.82 bits per heavy atom. The van der Waals surface area contributed by atoms with Gasteiger partial charge in [0.1, 0.15) is 23.1 Å². The van der Waals surface area contributed by atoms with Gasteiger partial charge in [0.15, 0.2) is 0 Å². The van der Waals surface area contributed by atoms with Gasteiger partial charge in [0, 0.05) is 30.2 Å². The number of aromatic nitrogens is 3. The van der Waals surface area contributed by atoms with Gasteiger partial charge in [-0.1, -0.05) is 11.6 Å². The SMILES string of the molecule is COc1cc(Nc2cc(Cl)cn([C@@H](C)c3cc(F)cc(F)c3)c2=O)ccc1-n1cnc(C)c1. The van der Waals surface area contributed by atoms with Gasteiger partial charge in [-0.25, -0.2) is 13.8 Å². The van der Waals surface area contributed by atoms with Crippen LogP contribution in [0.15, 0.2) is 66.0 Å². The van der Waals surface area contributed by atoms with Crippen LogP contribution in [0.5, 0.6) is 5.75 Å². The predicted molar refractivity (Wildman–Crippen MR) is 124 cm³/mol. The maximum atomic E-state index is 13.7. The summed E-state index contributed by atoms with van der Waals surface area (Å²) in [5.74, 6) is -0.862. The number of hydrogen-bond donors (Lipinski definition) is 1. The lowest BCUT2D eigenvalue weighted by Crippen LogP contribution is -2.25. The Kier molecular flexibility index (Phi) is 6.20. The lowest BCUT2D eigenvalue weighted by atomic mass is 10.1. The molecule has 0 radical (unpaired) electrons. The molecule has 2 heterocycles. The third-order valence-electron chi connectivity index (χ3n) is 5.24. The van der Waals surface area contributed by atoms with Crippen LogP contribution in [0.25, 0.3) is 5.69 Å². The Hall–Kier alpha value is -3.65. The number of hydrogen-bond acceptors (Lipinski definition) is 4. The maximum Gasteiger partial charge on any atom is 0.274 e. The molecule has 0 saturated heterocycles. The first kappa shape index (κ1) is 22.5. The van der Waals surface area contributed by atoms with Crippen molar-refractivity contribution in [2.24, 2.45) is 0 Å². The van der Waals surface area contributed by atoms with Crippen LogP contribution in [0.2, 0.25) is 5.02 Å². The van der Waals surface area contributed by atoms with Gasteiger partial charge in [0.05, 0.1) is 35.9 Å². The summed E-state index contributed by atoms with van der Waals surface area (Å²) in [6.45, 7) is 3.56. The Bertz CT molecular complexity index is 1360. The van der Waals surface area contributed by atoms with Crippen LogP contribution < -0.4 is 15.6 Å². The average molecular weight is 471 g/mol. The molecule has 0 saturated carbocycles. The second-order valence-corrected chi connectivity index (χ2v) is 8.03. The minimum absolute atomic E-state index is 0.208. The molecule has 0 aliphatic heterocycles. The summed E-state index contributed by atoms with van der Waals surface area (Å²) < 4.78 is 36.1. The lowest BCUT2D eigenvalue weighted by molar-refractivity contribution is 0.413. The van der Waals surface area contributed by atoms with E-state index in [0.29, 0.717) is 22.0 Å². The van der Waals surface area contributed by atoms with E-state index in [-0.39, 0.29) is 5.69 Å². The van der Waals surface area contributed by atoms with Crippen LogP contribution in [0, 0.1) is 18.6 Å². The molecule has 0 unspecified atom stereocenters. The molecule has 33 heavy (non-hydrogen) atoms. The summed E-state index contributed by atoms with van der Waals surface area (Å²) in [5.41, 5.74) is 2.37. The minimum Gasteiger partial charge on any atom is -0.494 e. The van der Waals surface area contributed by atoms with Crippen molar-refractivity contribution in [1.82, 2.24) is 14.1 Å². The van der Waals surface area contributed by atoms with Gasteiger partial charge >= 0.3 is 0 Å². The van der Waals surface area contributed by atoms with Crippen LogP contribution >= 0.6 is 11.6 Å². The Balaban J connectivity index is 1.69. The van der Waals surface area contributed by atoms with Crippen molar-refractivity contribution in [1.29, 1.82) is 0 Å². The largest absolute Gasteiger partial charge is 0.494 e. The minimum atomic E-state index is -0.717. The first-order valence-corrected chi connectivity index (χ1v) is 10.5. The summed E-state index contributed by atoms with van der Waals surface area (Å²) in [5, 5.41) is 3.36. The molecule has 0 aliphatic carbocycles. The second-order valence-electron chi connectivity index (χ2n) is 7.60. The van der Waals surface area contributed by atoms with Gasteiger partial charge in [-0.15, -0.1) is 0 Å². The molecule has 2 aromatic carbocycles. The van der Waals surface area contributed by atoms with E-state index in [1.807, 2.05) is 23.8 Å². The van der Waals surface area contributed by atoms with Gasteiger partial charge < -0.3 is 19.2 Å². The summed E-state index contributed by atoms with van der Waals surface area (Å²) in [7, 11) is 1.55. The zero-order valence-corrected chi connectivity index (χ0v) is 18.9. The number of halogens is 3. The molecule has 2 aromatic heterocycles. The highest BCUT2D eigenvalue weighted by Gasteiger charge is 2.16. The van der Waals surface area contributed by atoms with E-state index in [1.54, 1.807) is 32.5 Å². The first-order chi connectivity index (χ1) is 15.7. The molecule has 4 aromatic rings. The van der Waals surface area contributed by atoms with Crippen LogP contribution in [0.1, 0.15) is 24.2 Å². The molecule has 0 fully saturated rings. The fourth-order valence-corrected chi connectivity index (χ4v) is 3.81. The number of rotatable bonds is 6. The third-order valence-corrected chi connectivity index (χ3v) is 5.45. The fourth-order valence-electron chi connectivity index (χ4n) is 3.60. The monoisotopic (exact) mass is 470 g/mol. The topological polar surface area (TPSA) is 61.1 Å². The van der Waals surface area contributed by atoms with Gasteiger partial charge in [0.2, 0.25) is 0 Å². The molecule has 170 valence electrons. The Labute approximate surface area is 194 Å². The zero-order valence-electron chi connectivity index (χ0n) is 18.1. The number of anilines is 2. The quantitative estimate of drug-likeness (QED) is 0.396. The number of imidazole rings is 1. The molecule has 0 aliphatic rings. The molecular weight excluding hydrogens is 450 g/mol. The van der Waals surface area contributed by atoms with E-state index in [2.05, 4.69) is 10.3 Å². The van der Waals surface area contributed by atoms with E-state index in [4.69, 9.17) is 16.3 Å². The normalized spacial score (nSPS) is 11.9. The van der Waals surface area contributed by atoms with Crippen molar-refractivity contribution in [2.45, 2.75) is 19.9 Å². The van der Waals surface area contributed by atoms with Crippen LogP contribution in [-0.2, 0) is 0 Å². The Morgan fingerprint density at radius 1 is 1.09 bits per heavy atom. The predicted octanol–water partition coefficient (Wildman–Crippen LogP) is 5.64.